The SMILES string of the molecule is C=C1COc2ccc(N3CC(CCCNCc4c(F)ccc5c4N(CC)C(=O)C5)OC3=O)nc2N1. The van der Waals surface area contributed by atoms with Gasteiger partial charge in [0.05, 0.1) is 18.7 Å². The first-order valence-electron chi connectivity index (χ1n) is 11.8. The number of cyclic esters (lactones) is 1. The van der Waals surface area contributed by atoms with E-state index in [0.717, 1.165) is 12.0 Å². The highest BCUT2D eigenvalue weighted by Crippen LogP contribution is 2.34. The summed E-state index contributed by atoms with van der Waals surface area (Å²) in [5.41, 5.74) is 2.79. The third-order valence-electron chi connectivity index (χ3n) is 6.41. The first-order chi connectivity index (χ1) is 16.9. The van der Waals surface area contributed by atoms with Crippen LogP contribution in [0.4, 0.5) is 26.5 Å². The number of fused-ring (bicyclic) bond motifs is 2. The summed E-state index contributed by atoms with van der Waals surface area (Å²) in [6.45, 7) is 7.98. The highest BCUT2D eigenvalue weighted by molar-refractivity contribution is 6.02. The van der Waals surface area contributed by atoms with E-state index in [1.807, 2.05) is 6.92 Å². The topological polar surface area (TPSA) is 96.0 Å². The number of carbonyl (C=O) groups is 2. The van der Waals surface area contributed by atoms with Gasteiger partial charge < -0.3 is 25.0 Å². The molecular formula is C25H28FN5O4. The molecule has 35 heavy (non-hydrogen) atoms. The monoisotopic (exact) mass is 481 g/mol. The zero-order valence-corrected chi connectivity index (χ0v) is 19.6. The fraction of sp³-hybridized carbons (Fsp3) is 0.400. The van der Waals surface area contributed by atoms with Crippen LogP contribution >= 0.6 is 0 Å². The fourth-order valence-electron chi connectivity index (χ4n) is 4.71. The van der Waals surface area contributed by atoms with Gasteiger partial charge in [0.15, 0.2) is 11.6 Å². The summed E-state index contributed by atoms with van der Waals surface area (Å²) in [4.78, 5) is 32.3. The molecule has 0 radical (unpaired) electrons. The lowest BCUT2D eigenvalue weighted by Gasteiger charge is -2.21. The minimum atomic E-state index is -0.433. The molecule has 10 heteroatoms. The Kier molecular flexibility index (Phi) is 6.29. The Balaban J connectivity index is 1.13. The lowest BCUT2D eigenvalue weighted by molar-refractivity contribution is -0.117. The van der Waals surface area contributed by atoms with E-state index in [2.05, 4.69) is 22.2 Å². The van der Waals surface area contributed by atoms with Gasteiger partial charge >= 0.3 is 6.09 Å². The van der Waals surface area contributed by atoms with Crippen molar-refractivity contribution in [3.8, 4) is 5.75 Å². The minimum Gasteiger partial charge on any atom is -0.484 e. The molecule has 3 aliphatic rings. The van der Waals surface area contributed by atoms with E-state index < -0.39 is 6.09 Å². The van der Waals surface area contributed by atoms with Gasteiger partial charge in [-0.15, -0.1) is 0 Å². The van der Waals surface area contributed by atoms with E-state index in [1.54, 1.807) is 23.1 Å². The number of aromatic nitrogens is 1. The lowest BCUT2D eigenvalue weighted by atomic mass is 10.1. The summed E-state index contributed by atoms with van der Waals surface area (Å²) >= 11 is 0. The number of benzene rings is 1. The van der Waals surface area contributed by atoms with Crippen molar-refractivity contribution in [1.82, 2.24) is 10.3 Å². The van der Waals surface area contributed by atoms with Crippen LogP contribution in [-0.4, -0.2) is 49.3 Å². The standard InChI is InChI=1S/C25H28FN5O4/c1-3-30-22(32)11-16-6-7-19(26)18(23(16)30)12-27-10-4-5-17-13-31(25(33)35-17)21-9-8-20-24(29-21)28-15(2)14-34-20/h6-9,17,27H,2-5,10-14H2,1H3,(H,28,29). The Morgan fingerprint density at radius 2 is 2.14 bits per heavy atom. The maximum absolute atomic E-state index is 14.5. The van der Waals surface area contributed by atoms with Crippen LogP contribution in [0, 0.1) is 5.82 Å². The van der Waals surface area contributed by atoms with Crippen LogP contribution in [0.3, 0.4) is 0 Å². The molecule has 4 heterocycles. The van der Waals surface area contributed by atoms with E-state index in [-0.39, 0.29) is 17.8 Å². The normalized spacial score (nSPS) is 18.8. The molecule has 1 unspecified atom stereocenters. The molecule has 184 valence electrons. The summed E-state index contributed by atoms with van der Waals surface area (Å²) in [6.07, 6.45) is 1.03. The van der Waals surface area contributed by atoms with E-state index in [9.17, 15) is 14.0 Å². The zero-order chi connectivity index (χ0) is 24.5. The summed E-state index contributed by atoms with van der Waals surface area (Å²) in [6, 6.07) is 6.63. The Bertz CT molecular complexity index is 1190. The van der Waals surface area contributed by atoms with Crippen molar-refractivity contribution in [2.24, 2.45) is 0 Å². The molecule has 3 aliphatic heterocycles. The van der Waals surface area contributed by atoms with Crippen molar-refractivity contribution in [2.45, 2.75) is 38.8 Å². The first-order valence-corrected chi connectivity index (χ1v) is 11.8. The number of nitrogens with one attached hydrogen (secondary N) is 2. The summed E-state index contributed by atoms with van der Waals surface area (Å²) in [7, 11) is 0. The second-order valence-electron chi connectivity index (χ2n) is 8.82. The molecule has 0 saturated carbocycles. The molecule has 0 bridgehead atoms. The minimum absolute atomic E-state index is 0.00334. The molecule has 2 N–H and O–H groups in total. The third kappa shape index (κ3) is 4.53. The molecule has 0 spiro atoms. The second kappa shape index (κ2) is 9.53. The quantitative estimate of drug-likeness (QED) is 0.559. The molecule has 2 amide bonds. The van der Waals surface area contributed by atoms with E-state index in [0.29, 0.717) is 80.0 Å². The Morgan fingerprint density at radius 1 is 1.29 bits per heavy atom. The van der Waals surface area contributed by atoms with Crippen molar-refractivity contribution in [2.75, 3.05) is 41.4 Å². The van der Waals surface area contributed by atoms with Gasteiger partial charge in [0.2, 0.25) is 5.91 Å². The Labute approximate surface area is 202 Å². The van der Waals surface area contributed by atoms with Crippen LogP contribution in [0.25, 0.3) is 0 Å². The van der Waals surface area contributed by atoms with Gasteiger partial charge in [0.25, 0.3) is 0 Å². The Morgan fingerprint density at radius 3 is 2.97 bits per heavy atom. The third-order valence-corrected chi connectivity index (χ3v) is 6.41. The molecule has 5 rings (SSSR count). The van der Waals surface area contributed by atoms with Crippen molar-refractivity contribution in [3.05, 3.63) is 53.5 Å². The number of hydrogen-bond donors (Lipinski definition) is 2. The van der Waals surface area contributed by atoms with Crippen LogP contribution in [0.2, 0.25) is 0 Å². The molecule has 1 aromatic carbocycles. The van der Waals surface area contributed by atoms with Gasteiger partial charge in [-0.2, -0.15) is 0 Å². The molecule has 0 aliphatic carbocycles. The number of hydrogen-bond acceptors (Lipinski definition) is 7. The molecule has 1 fully saturated rings. The van der Waals surface area contributed by atoms with E-state index in [4.69, 9.17) is 9.47 Å². The number of rotatable bonds is 8. The van der Waals surface area contributed by atoms with Gasteiger partial charge in [-0.25, -0.2) is 14.2 Å². The molecule has 1 atom stereocenters. The first kappa shape index (κ1) is 23.1. The molecular weight excluding hydrogens is 453 g/mol. The van der Waals surface area contributed by atoms with Crippen LogP contribution in [-0.2, 0) is 22.5 Å². The van der Waals surface area contributed by atoms with Crippen LogP contribution in [0.1, 0.15) is 30.9 Å². The fourth-order valence-corrected chi connectivity index (χ4v) is 4.71. The number of carbonyl (C=O) groups excluding carboxylic acids is 2. The predicted octanol–water partition coefficient (Wildman–Crippen LogP) is 3.34. The highest BCUT2D eigenvalue weighted by atomic mass is 19.1. The summed E-state index contributed by atoms with van der Waals surface area (Å²) in [5.74, 6) is 1.32. The van der Waals surface area contributed by atoms with Crippen LogP contribution in [0.5, 0.6) is 5.75 Å². The van der Waals surface area contributed by atoms with Gasteiger partial charge in [-0.1, -0.05) is 12.6 Å². The van der Waals surface area contributed by atoms with Crippen LogP contribution < -0.4 is 25.2 Å². The molecule has 9 nitrogen and oxygen atoms in total. The van der Waals surface area contributed by atoms with Crippen molar-refractivity contribution < 1.29 is 23.5 Å². The molecule has 1 saturated heterocycles. The number of likely N-dealkylation sites (N-methyl/N-ethyl adjacent to an activating group) is 1. The van der Waals surface area contributed by atoms with Crippen LogP contribution in [0.15, 0.2) is 36.5 Å². The predicted molar refractivity (Wildman–Crippen MR) is 129 cm³/mol. The number of ether oxygens (including phenoxy) is 2. The number of amides is 2. The Hall–Kier alpha value is -3.66. The van der Waals surface area contributed by atoms with Crippen molar-refractivity contribution in [3.63, 3.8) is 0 Å². The average molecular weight is 482 g/mol. The summed E-state index contributed by atoms with van der Waals surface area (Å²) in [5, 5.41) is 6.35. The second-order valence-corrected chi connectivity index (χ2v) is 8.82. The largest absolute Gasteiger partial charge is 0.484 e. The van der Waals surface area contributed by atoms with Crippen molar-refractivity contribution in [1.29, 1.82) is 0 Å². The molecule has 1 aromatic heterocycles. The smallest absolute Gasteiger partial charge is 0.415 e. The maximum Gasteiger partial charge on any atom is 0.415 e. The number of anilines is 3. The van der Waals surface area contributed by atoms with Gasteiger partial charge in [0, 0.05) is 24.4 Å². The average Bonchev–Trinajstić information content (AvgIpc) is 3.37. The maximum atomic E-state index is 14.5. The number of nitrogens with zero attached hydrogens (tertiary/aromatic N) is 3. The number of pyridine rings is 1. The summed E-state index contributed by atoms with van der Waals surface area (Å²) < 4.78 is 25.6. The van der Waals surface area contributed by atoms with Gasteiger partial charge in [-0.05, 0) is 50.1 Å². The van der Waals surface area contributed by atoms with E-state index in [1.165, 1.54) is 11.0 Å². The van der Waals surface area contributed by atoms with Gasteiger partial charge in [0.1, 0.15) is 24.3 Å². The molecule has 2 aromatic rings. The van der Waals surface area contributed by atoms with E-state index >= 15 is 0 Å². The highest BCUT2D eigenvalue weighted by Gasteiger charge is 2.34. The lowest BCUT2D eigenvalue weighted by Crippen LogP contribution is -2.28. The number of halogens is 1. The van der Waals surface area contributed by atoms with Crippen molar-refractivity contribution >= 4 is 29.3 Å². The zero-order valence-electron chi connectivity index (χ0n) is 19.6. The van der Waals surface area contributed by atoms with Gasteiger partial charge in [-0.3, -0.25) is 9.69 Å².